The molecule has 0 saturated heterocycles. The number of amides is 1. The molecule has 3 aromatic rings. The minimum Gasteiger partial charge on any atom is -0.406 e. The lowest BCUT2D eigenvalue weighted by molar-refractivity contribution is -0.274. The summed E-state index contributed by atoms with van der Waals surface area (Å²) in [5.41, 5.74) is 2.30. The maximum atomic E-state index is 12.3. The van der Waals surface area contributed by atoms with Crippen molar-refractivity contribution < 1.29 is 22.7 Å². The van der Waals surface area contributed by atoms with Gasteiger partial charge < -0.3 is 10.6 Å². The standard InChI is InChI=1S/C19H15F3N6O2/c20-19(21,22)30-14-7-5-13(6-8-14)28-10-24-17(26-28)12-3-1-11(2-4-12)15-9-16(15)18(29)25-27-23/h1-8,10,15-16H,9H2,(H2,23,25,29). The molecule has 2 N–H and O–H groups in total. The summed E-state index contributed by atoms with van der Waals surface area (Å²) >= 11 is 0. The van der Waals surface area contributed by atoms with Gasteiger partial charge in [-0.15, -0.1) is 18.3 Å². The van der Waals surface area contributed by atoms with Crippen LogP contribution < -0.4 is 10.6 Å². The second kappa shape index (κ2) is 7.58. The Morgan fingerprint density at radius 2 is 1.83 bits per heavy atom. The van der Waals surface area contributed by atoms with E-state index in [2.05, 4.69) is 25.2 Å². The van der Waals surface area contributed by atoms with Gasteiger partial charge in [0, 0.05) is 11.5 Å². The topological polar surface area (TPSA) is 108 Å². The Balaban J connectivity index is 1.45. The zero-order chi connectivity index (χ0) is 21.3. The van der Waals surface area contributed by atoms with Crippen molar-refractivity contribution in [1.29, 1.82) is 0 Å². The Morgan fingerprint density at radius 1 is 1.13 bits per heavy atom. The second-order valence-corrected chi connectivity index (χ2v) is 6.68. The minimum absolute atomic E-state index is 0.0972. The highest BCUT2D eigenvalue weighted by Gasteiger charge is 2.44. The van der Waals surface area contributed by atoms with Crippen LogP contribution >= 0.6 is 0 Å². The molecule has 0 bridgehead atoms. The van der Waals surface area contributed by atoms with Crippen molar-refractivity contribution in [2.24, 2.45) is 22.1 Å². The van der Waals surface area contributed by atoms with Gasteiger partial charge in [0.2, 0.25) is 0 Å². The Morgan fingerprint density at radius 3 is 2.47 bits per heavy atom. The van der Waals surface area contributed by atoms with E-state index in [1.165, 1.54) is 35.3 Å². The highest BCUT2D eigenvalue weighted by molar-refractivity contribution is 5.83. The zero-order valence-corrected chi connectivity index (χ0v) is 15.3. The van der Waals surface area contributed by atoms with Crippen molar-refractivity contribution in [2.75, 3.05) is 0 Å². The number of nitrogens with two attached hydrogens (primary N) is 1. The molecule has 0 spiro atoms. The van der Waals surface area contributed by atoms with E-state index < -0.39 is 6.36 Å². The van der Waals surface area contributed by atoms with Gasteiger partial charge in [0.1, 0.15) is 12.1 Å². The van der Waals surface area contributed by atoms with Crippen LogP contribution in [0.15, 0.2) is 65.2 Å². The second-order valence-electron chi connectivity index (χ2n) is 6.68. The van der Waals surface area contributed by atoms with Crippen LogP contribution in [-0.2, 0) is 4.79 Å². The molecular weight excluding hydrogens is 401 g/mol. The Kier molecular flexibility index (Phi) is 4.94. The van der Waals surface area contributed by atoms with E-state index >= 15 is 0 Å². The molecule has 2 unspecified atom stereocenters. The van der Waals surface area contributed by atoms with E-state index in [0.717, 1.165) is 11.1 Å². The lowest BCUT2D eigenvalue weighted by atomic mass is 10.1. The number of aromatic nitrogens is 3. The summed E-state index contributed by atoms with van der Waals surface area (Å²) in [7, 11) is 0. The quantitative estimate of drug-likeness (QED) is 0.387. The number of hydrogen-bond donors (Lipinski definition) is 1. The molecule has 1 fully saturated rings. The molecule has 11 heteroatoms. The molecule has 4 rings (SSSR count). The number of benzene rings is 2. The molecule has 1 aliphatic carbocycles. The molecule has 1 aliphatic rings. The maximum absolute atomic E-state index is 12.3. The first-order valence-electron chi connectivity index (χ1n) is 8.87. The van der Waals surface area contributed by atoms with Crippen LogP contribution in [0.5, 0.6) is 5.75 Å². The first kappa shape index (κ1) is 19.6. The smallest absolute Gasteiger partial charge is 0.406 e. The third-order valence-electron chi connectivity index (χ3n) is 4.69. The number of alkyl halides is 3. The van der Waals surface area contributed by atoms with Crippen LogP contribution in [0.25, 0.3) is 17.1 Å². The van der Waals surface area contributed by atoms with Crippen LogP contribution in [0, 0.1) is 5.92 Å². The number of halogens is 3. The lowest BCUT2D eigenvalue weighted by Gasteiger charge is -2.09. The van der Waals surface area contributed by atoms with E-state index in [4.69, 9.17) is 5.84 Å². The van der Waals surface area contributed by atoms with Gasteiger partial charge >= 0.3 is 6.36 Å². The van der Waals surface area contributed by atoms with Crippen molar-refractivity contribution in [3.63, 3.8) is 0 Å². The highest BCUT2D eigenvalue weighted by atomic mass is 19.4. The Labute approximate surface area is 168 Å². The van der Waals surface area contributed by atoms with Gasteiger partial charge in [-0.25, -0.2) is 9.67 Å². The monoisotopic (exact) mass is 416 g/mol. The molecule has 8 nitrogen and oxygen atoms in total. The number of rotatable bonds is 5. The molecule has 1 amide bonds. The summed E-state index contributed by atoms with van der Waals surface area (Å²) < 4.78 is 42.1. The molecule has 0 radical (unpaired) electrons. The van der Waals surface area contributed by atoms with Crippen LogP contribution in [0.1, 0.15) is 17.9 Å². The molecule has 1 aromatic heterocycles. The molecule has 1 heterocycles. The fourth-order valence-corrected chi connectivity index (χ4v) is 3.17. The third kappa shape index (κ3) is 4.29. The normalized spacial score (nSPS) is 18.5. The summed E-state index contributed by atoms with van der Waals surface area (Å²) in [5.74, 6) is 4.64. The average molecular weight is 416 g/mol. The largest absolute Gasteiger partial charge is 0.573 e. The van der Waals surface area contributed by atoms with E-state index in [0.29, 0.717) is 17.9 Å². The SMILES string of the molecule is NN=NC(=O)C1CC1c1ccc(-c2ncn(-c3ccc(OC(F)(F)F)cc3)n2)cc1. The van der Waals surface area contributed by atoms with Crippen molar-refractivity contribution in [3.05, 3.63) is 60.4 Å². The first-order chi connectivity index (χ1) is 14.3. The number of carbonyl (C=O) groups is 1. The predicted octanol–water partition coefficient (Wildman–Crippen LogP) is 3.79. The van der Waals surface area contributed by atoms with Crippen LogP contribution in [-0.4, -0.2) is 27.0 Å². The van der Waals surface area contributed by atoms with Gasteiger partial charge in [-0.2, -0.15) is 0 Å². The Bertz CT molecular complexity index is 1080. The maximum Gasteiger partial charge on any atom is 0.573 e. The summed E-state index contributed by atoms with van der Waals surface area (Å²) in [6, 6.07) is 12.8. The summed E-state index contributed by atoms with van der Waals surface area (Å²) in [6.45, 7) is 0. The number of nitrogens with zero attached hydrogens (tertiary/aromatic N) is 5. The summed E-state index contributed by atoms with van der Waals surface area (Å²) in [6.07, 6.45) is -2.56. The van der Waals surface area contributed by atoms with E-state index in [-0.39, 0.29) is 23.5 Å². The fourth-order valence-electron chi connectivity index (χ4n) is 3.17. The van der Waals surface area contributed by atoms with Gasteiger partial charge in [0.05, 0.1) is 5.69 Å². The van der Waals surface area contributed by atoms with Gasteiger partial charge in [-0.3, -0.25) is 4.79 Å². The van der Waals surface area contributed by atoms with E-state index in [1.807, 2.05) is 24.3 Å². The van der Waals surface area contributed by atoms with Gasteiger partial charge in [0.25, 0.3) is 5.91 Å². The van der Waals surface area contributed by atoms with Crippen molar-refractivity contribution >= 4 is 5.91 Å². The molecule has 30 heavy (non-hydrogen) atoms. The van der Waals surface area contributed by atoms with Crippen LogP contribution in [0.3, 0.4) is 0 Å². The summed E-state index contributed by atoms with van der Waals surface area (Å²) in [4.78, 5) is 15.9. The van der Waals surface area contributed by atoms with Crippen LogP contribution in [0.2, 0.25) is 0 Å². The Hall–Kier alpha value is -3.76. The lowest BCUT2D eigenvalue weighted by Crippen LogP contribution is -2.17. The molecule has 0 aliphatic heterocycles. The highest BCUT2D eigenvalue weighted by Crippen LogP contribution is 2.48. The van der Waals surface area contributed by atoms with Gasteiger partial charge in [-0.1, -0.05) is 34.6 Å². The predicted molar refractivity (Wildman–Crippen MR) is 98.4 cm³/mol. The van der Waals surface area contributed by atoms with Crippen molar-refractivity contribution in [1.82, 2.24) is 14.8 Å². The molecule has 154 valence electrons. The van der Waals surface area contributed by atoms with E-state index in [1.54, 1.807) is 0 Å². The minimum atomic E-state index is -4.74. The third-order valence-corrected chi connectivity index (χ3v) is 4.69. The van der Waals surface area contributed by atoms with Crippen molar-refractivity contribution in [3.8, 4) is 22.8 Å². The molecule has 2 aromatic carbocycles. The number of hydrogen-bond acceptors (Lipinski definition) is 5. The average Bonchev–Trinajstić information content (AvgIpc) is 3.36. The van der Waals surface area contributed by atoms with E-state index in [9.17, 15) is 18.0 Å². The van der Waals surface area contributed by atoms with Crippen molar-refractivity contribution in [2.45, 2.75) is 18.7 Å². The molecular formula is C19H15F3N6O2. The summed E-state index contributed by atoms with van der Waals surface area (Å²) in [5, 5.41) is 10.7. The zero-order valence-electron chi connectivity index (χ0n) is 15.3. The fraction of sp³-hybridized carbons (Fsp3) is 0.211. The van der Waals surface area contributed by atoms with Gasteiger partial charge in [0.15, 0.2) is 5.82 Å². The first-order valence-corrected chi connectivity index (χ1v) is 8.87. The van der Waals surface area contributed by atoms with Crippen LogP contribution in [0.4, 0.5) is 13.2 Å². The molecule has 2 atom stereocenters. The number of carbonyl (C=O) groups excluding carboxylic acids is 1. The van der Waals surface area contributed by atoms with Gasteiger partial charge in [-0.05, 0) is 42.2 Å². The molecule has 1 saturated carbocycles. The number of ether oxygens (including phenoxy) is 1.